The van der Waals surface area contributed by atoms with Gasteiger partial charge < -0.3 is 10.8 Å². The van der Waals surface area contributed by atoms with Crippen LogP contribution in [0.3, 0.4) is 0 Å². The van der Waals surface area contributed by atoms with Gasteiger partial charge in [0.05, 0.1) is 6.61 Å². The van der Waals surface area contributed by atoms with Gasteiger partial charge >= 0.3 is 0 Å². The topological polar surface area (TPSA) is 46.2 Å². The van der Waals surface area contributed by atoms with Crippen LogP contribution in [0.2, 0.25) is 0 Å². The van der Waals surface area contributed by atoms with E-state index in [0.29, 0.717) is 5.92 Å². The second-order valence-corrected chi connectivity index (χ2v) is 5.23. The van der Waals surface area contributed by atoms with Gasteiger partial charge in [-0.05, 0) is 24.5 Å². The first-order chi connectivity index (χ1) is 6.11. The third-order valence-electron chi connectivity index (χ3n) is 1.94. The lowest BCUT2D eigenvalue weighted by Crippen LogP contribution is -2.36. The molecule has 3 N–H and O–H groups in total. The molecular formula is C10H23NOS. The molecule has 0 aliphatic heterocycles. The molecule has 0 aliphatic carbocycles. The van der Waals surface area contributed by atoms with Gasteiger partial charge in [0.25, 0.3) is 0 Å². The number of aliphatic hydroxyl groups is 1. The third-order valence-corrected chi connectivity index (χ3v) is 3.51. The fraction of sp³-hybridized carbons (Fsp3) is 1.00. The number of hydrogen-bond acceptors (Lipinski definition) is 3. The third kappa shape index (κ3) is 6.36. The fourth-order valence-corrected chi connectivity index (χ4v) is 2.28. The summed E-state index contributed by atoms with van der Waals surface area (Å²) in [6.07, 6.45) is 2.15. The maximum atomic E-state index is 9.14. The van der Waals surface area contributed by atoms with Crippen molar-refractivity contribution in [1.29, 1.82) is 0 Å². The molecule has 0 bridgehead atoms. The van der Waals surface area contributed by atoms with Gasteiger partial charge in [0.2, 0.25) is 0 Å². The van der Waals surface area contributed by atoms with E-state index in [1.54, 1.807) is 11.8 Å². The highest BCUT2D eigenvalue weighted by atomic mass is 32.2. The molecule has 0 fully saturated rings. The molecule has 0 spiro atoms. The van der Waals surface area contributed by atoms with Crippen LogP contribution in [0, 0.1) is 5.92 Å². The molecule has 0 heterocycles. The predicted molar refractivity (Wildman–Crippen MR) is 61.1 cm³/mol. The summed E-state index contributed by atoms with van der Waals surface area (Å²) in [6.45, 7) is 6.69. The quantitative estimate of drug-likeness (QED) is 0.667. The van der Waals surface area contributed by atoms with Gasteiger partial charge in [-0.3, -0.25) is 0 Å². The summed E-state index contributed by atoms with van der Waals surface area (Å²) < 4.78 is 0. The Morgan fingerprint density at radius 1 is 1.38 bits per heavy atom. The van der Waals surface area contributed by atoms with E-state index < -0.39 is 0 Å². The number of thioether (sulfide) groups is 1. The zero-order valence-corrected chi connectivity index (χ0v) is 9.81. The van der Waals surface area contributed by atoms with E-state index in [2.05, 4.69) is 20.8 Å². The Bertz CT molecular complexity index is 119. The van der Waals surface area contributed by atoms with E-state index in [4.69, 9.17) is 10.8 Å². The van der Waals surface area contributed by atoms with Crippen LogP contribution < -0.4 is 5.73 Å². The molecule has 80 valence electrons. The molecule has 0 aromatic carbocycles. The number of nitrogens with two attached hydrogens (primary N) is 1. The molecule has 0 aliphatic rings. The van der Waals surface area contributed by atoms with Crippen molar-refractivity contribution in [2.75, 3.05) is 12.4 Å². The standard InChI is InChI=1S/C10H23NOS/c1-4-5-13-10(7-12)9(11)6-8(2)3/h8-10,12H,4-7,11H2,1-3H3. The second-order valence-electron chi connectivity index (χ2n) is 3.89. The van der Waals surface area contributed by atoms with Gasteiger partial charge in [-0.2, -0.15) is 11.8 Å². The Kier molecular flexibility index (Phi) is 7.81. The maximum Gasteiger partial charge on any atom is 0.0565 e. The largest absolute Gasteiger partial charge is 0.395 e. The van der Waals surface area contributed by atoms with Crippen molar-refractivity contribution in [3.05, 3.63) is 0 Å². The van der Waals surface area contributed by atoms with Crippen LogP contribution in [0.15, 0.2) is 0 Å². The summed E-state index contributed by atoms with van der Waals surface area (Å²) in [5.41, 5.74) is 5.99. The molecule has 0 aromatic rings. The minimum Gasteiger partial charge on any atom is -0.395 e. The SMILES string of the molecule is CCCSC(CO)C(N)CC(C)C. The molecule has 13 heavy (non-hydrogen) atoms. The van der Waals surface area contributed by atoms with E-state index >= 15 is 0 Å². The first-order valence-corrected chi connectivity index (χ1v) is 6.14. The summed E-state index contributed by atoms with van der Waals surface area (Å²) in [4.78, 5) is 0. The van der Waals surface area contributed by atoms with Crippen LogP contribution in [-0.2, 0) is 0 Å². The normalized spacial score (nSPS) is 16.2. The zero-order chi connectivity index (χ0) is 10.3. The van der Waals surface area contributed by atoms with Gasteiger partial charge in [0.15, 0.2) is 0 Å². The van der Waals surface area contributed by atoms with Gasteiger partial charge in [0, 0.05) is 11.3 Å². The number of aliphatic hydroxyl groups excluding tert-OH is 1. The predicted octanol–water partition coefficient (Wildman–Crippen LogP) is 1.86. The van der Waals surface area contributed by atoms with Crippen LogP contribution in [0.5, 0.6) is 0 Å². The van der Waals surface area contributed by atoms with Crippen molar-refractivity contribution in [1.82, 2.24) is 0 Å². The van der Waals surface area contributed by atoms with Crippen molar-refractivity contribution in [2.24, 2.45) is 11.7 Å². The fourth-order valence-electron chi connectivity index (χ4n) is 1.28. The van der Waals surface area contributed by atoms with E-state index in [9.17, 15) is 0 Å². The van der Waals surface area contributed by atoms with Crippen molar-refractivity contribution < 1.29 is 5.11 Å². The maximum absolute atomic E-state index is 9.14. The van der Waals surface area contributed by atoms with Crippen molar-refractivity contribution in [3.8, 4) is 0 Å². The van der Waals surface area contributed by atoms with Crippen LogP contribution in [0.4, 0.5) is 0 Å². The highest BCUT2D eigenvalue weighted by Gasteiger charge is 2.17. The van der Waals surface area contributed by atoms with Crippen molar-refractivity contribution in [2.45, 2.75) is 44.9 Å². The molecule has 0 radical (unpaired) electrons. The first kappa shape index (κ1) is 13.3. The van der Waals surface area contributed by atoms with E-state index in [0.717, 1.165) is 18.6 Å². The van der Waals surface area contributed by atoms with Gasteiger partial charge in [-0.1, -0.05) is 20.8 Å². The summed E-state index contributed by atoms with van der Waals surface area (Å²) in [5.74, 6) is 1.71. The average molecular weight is 205 g/mol. The molecular weight excluding hydrogens is 182 g/mol. The molecule has 3 heteroatoms. The second kappa shape index (κ2) is 7.65. The van der Waals surface area contributed by atoms with E-state index in [1.807, 2.05) is 0 Å². The molecule has 0 rings (SSSR count). The minimum atomic E-state index is 0.140. The molecule has 2 nitrogen and oxygen atoms in total. The number of rotatable bonds is 7. The Morgan fingerprint density at radius 3 is 2.38 bits per heavy atom. The van der Waals surface area contributed by atoms with Crippen LogP contribution in [0.25, 0.3) is 0 Å². The summed E-state index contributed by atoms with van der Waals surface area (Å²) in [7, 11) is 0. The Morgan fingerprint density at radius 2 is 2.00 bits per heavy atom. The molecule has 0 saturated carbocycles. The summed E-state index contributed by atoms with van der Waals surface area (Å²) in [6, 6.07) is 0.140. The lowest BCUT2D eigenvalue weighted by molar-refractivity contribution is 0.275. The molecule has 2 atom stereocenters. The highest BCUT2D eigenvalue weighted by molar-refractivity contribution is 7.99. The van der Waals surface area contributed by atoms with Crippen molar-refractivity contribution in [3.63, 3.8) is 0 Å². The minimum absolute atomic E-state index is 0.140. The molecule has 2 unspecified atom stereocenters. The van der Waals surface area contributed by atoms with Gasteiger partial charge in [0.1, 0.15) is 0 Å². The molecule has 0 aromatic heterocycles. The Labute approximate surface area is 86.3 Å². The monoisotopic (exact) mass is 205 g/mol. The summed E-state index contributed by atoms with van der Waals surface area (Å²) in [5, 5.41) is 9.36. The molecule has 0 amide bonds. The lowest BCUT2D eigenvalue weighted by Gasteiger charge is -2.22. The Hall–Kier alpha value is 0.270. The Balaban J connectivity index is 3.77. The van der Waals surface area contributed by atoms with Gasteiger partial charge in [-0.25, -0.2) is 0 Å². The summed E-state index contributed by atoms with van der Waals surface area (Å²) >= 11 is 1.80. The zero-order valence-electron chi connectivity index (χ0n) is 8.99. The lowest BCUT2D eigenvalue weighted by atomic mass is 10.0. The van der Waals surface area contributed by atoms with E-state index in [-0.39, 0.29) is 17.9 Å². The number of hydrogen-bond donors (Lipinski definition) is 2. The van der Waals surface area contributed by atoms with Gasteiger partial charge in [-0.15, -0.1) is 0 Å². The van der Waals surface area contributed by atoms with E-state index in [1.165, 1.54) is 0 Å². The average Bonchev–Trinajstić information content (AvgIpc) is 2.04. The van der Waals surface area contributed by atoms with Crippen LogP contribution in [0.1, 0.15) is 33.6 Å². The van der Waals surface area contributed by atoms with Crippen molar-refractivity contribution >= 4 is 11.8 Å². The first-order valence-electron chi connectivity index (χ1n) is 5.09. The van der Waals surface area contributed by atoms with Crippen LogP contribution >= 0.6 is 11.8 Å². The van der Waals surface area contributed by atoms with Crippen LogP contribution in [-0.4, -0.2) is 28.8 Å². The highest BCUT2D eigenvalue weighted by Crippen LogP contribution is 2.18. The molecule has 0 saturated heterocycles. The smallest absolute Gasteiger partial charge is 0.0565 e.